The highest BCUT2D eigenvalue weighted by atomic mass is 35.5. The monoisotopic (exact) mass is 458 g/mol. The summed E-state index contributed by atoms with van der Waals surface area (Å²) < 4.78 is 41.7. The number of rotatable bonds is 4. The molecule has 1 heterocycles. The zero-order valence-electron chi connectivity index (χ0n) is 16.5. The van der Waals surface area contributed by atoms with Crippen LogP contribution in [0.1, 0.15) is 41.0 Å². The number of hydrazine groups is 1. The fourth-order valence-electron chi connectivity index (χ4n) is 3.58. The number of methoxy groups -OCH3 is 1. The molecule has 1 aromatic rings. The van der Waals surface area contributed by atoms with Crippen LogP contribution in [-0.2, 0) is 14.3 Å². The third kappa shape index (κ3) is 3.69. The molecule has 0 saturated heterocycles. The minimum Gasteiger partial charge on any atom is -0.496 e. The van der Waals surface area contributed by atoms with Gasteiger partial charge in [-0.25, -0.2) is 0 Å². The highest BCUT2D eigenvalue weighted by Crippen LogP contribution is 2.53. The highest BCUT2D eigenvalue weighted by molar-refractivity contribution is 6.37. The number of benzene rings is 1. The quantitative estimate of drug-likeness (QED) is 0.663. The zero-order valence-corrected chi connectivity index (χ0v) is 17.3. The van der Waals surface area contributed by atoms with Crippen LogP contribution in [0, 0.1) is 5.92 Å². The van der Waals surface area contributed by atoms with Crippen molar-refractivity contribution in [1.29, 1.82) is 0 Å². The van der Waals surface area contributed by atoms with Crippen molar-refractivity contribution in [3.63, 3.8) is 0 Å². The van der Waals surface area contributed by atoms with Crippen molar-refractivity contribution >= 4 is 35.0 Å². The number of ether oxygens (including phenoxy) is 3. The van der Waals surface area contributed by atoms with Crippen molar-refractivity contribution in [2.24, 2.45) is 5.92 Å². The van der Waals surface area contributed by atoms with E-state index in [1.807, 2.05) is 10.9 Å². The number of alkyl halides is 2. The minimum atomic E-state index is -3.33. The van der Waals surface area contributed by atoms with Crippen LogP contribution >= 0.6 is 11.6 Å². The van der Waals surface area contributed by atoms with E-state index in [0.29, 0.717) is 0 Å². The van der Waals surface area contributed by atoms with Crippen molar-refractivity contribution in [1.82, 2.24) is 10.9 Å². The van der Waals surface area contributed by atoms with E-state index in [4.69, 9.17) is 21.1 Å². The Hall–Kier alpha value is -3.21. The van der Waals surface area contributed by atoms with Gasteiger partial charge in [-0.2, -0.15) is 8.78 Å². The van der Waals surface area contributed by atoms with Crippen molar-refractivity contribution in [3.8, 4) is 11.5 Å². The van der Waals surface area contributed by atoms with E-state index in [9.17, 15) is 28.0 Å². The zero-order chi connectivity index (χ0) is 23.1. The number of carbonyl (C=O) groups excluding carboxylic acids is 4. The molecule has 0 fully saturated rings. The number of Topliss-reactive ketones (excluding diaryl/α,β-unsaturated/α-hetero) is 1. The summed E-state index contributed by atoms with van der Waals surface area (Å²) in [4.78, 5) is 48.8. The molecule has 2 aliphatic rings. The van der Waals surface area contributed by atoms with Gasteiger partial charge in [0, 0.05) is 25.3 Å². The average molecular weight is 459 g/mol. The minimum absolute atomic E-state index is 0.0783. The molecule has 2 atom stereocenters. The van der Waals surface area contributed by atoms with Crippen LogP contribution in [0.15, 0.2) is 17.9 Å². The largest absolute Gasteiger partial charge is 0.496 e. The number of fused-ring (bicyclic) bond motifs is 1. The van der Waals surface area contributed by atoms with E-state index in [-0.39, 0.29) is 28.7 Å². The van der Waals surface area contributed by atoms with Gasteiger partial charge in [0.15, 0.2) is 17.3 Å². The SMILES string of the molecule is COC1=CC(=O)C[C@@H](C)[C@]12Oc1c(Cl)c(C(=O)NNC(C)=O)cc(OC(F)F)c1C2=O. The van der Waals surface area contributed by atoms with Gasteiger partial charge in [0.1, 0.15) is 11.3 Å². The molecule has 3 rings (SSSR count). The van der Waals surface area contributed by atoms with Crippen LogP contribution < -0.4 is 20.3 Å². The summed E-state index contributed by atoms with van der Waals surface area (Å²) >= 11 is 6.29. The third-order valence-electron chi connectivity index (χ3n) is 4.90. The Bertz CT molecular complexity index is 1030. The molecular formula is C19H17ClF2N2O7. The molecule has 1 aromatic carbocycles. The summed E-state index contributed by atoms with van der Waals surface area (Å²) in [7, 11) is 1.23. The Balaban J connectivity index is 2.19. The molecule has 0 saturated carbocycles. The van der Waals surface area contributed by atoms with E-state index < -0.39 is 52.6 Å². The lowest BCUT2D eigenvalue weighted by Crippen LogP contribution is -2.51. The Kier molecular flexibility index (Phi) is 5.90. The van der Waals surface area contributed by atoms with Gasteiger partial charge in [0.2, 0.25) is 17.3 Å². The van der Waals surface area contributed by atoms with Crippen LogP contribution in [0.25, 0.3) is 0 Å². The number of amides is 2. The summed E-state index contributed by atoms with van der Waals surface area (Å²) in [6.45, 7) is -0.644. The molecule has 0 radical (unpaired) electrons. The third-order valence-corrected chi connectivity index (χ3v) is 5.28. The molecule has 31 heavy (non-hydrogen) atoms. The summed E-state index contributed by atoms with van der Waals surface area (Å²) in [5.41, 5.74) is 1.42. The second-order valence-electron chi connectivity index (χ2n) is 6.91. The molecule has 0 unspecified atom stereocenters. The van der Waals surface area contributed by atoms with Crippen molar-refractivity contribution in [2.45, 2.75) is 32.5 Å². The van der Waals surface area contributed by atoms with Crippen LogP contribution in [-0.4, -0.2) is 42.7 Å². The standard InChI is InChI=1S/C19H17ClF2N2O7/c1-7-4-9(26)5-12(29-3)19(7)16(27)13-11(30-18(21)22)6-10(14(20)15(13)31-19)17(28)24-23-8(2)25/h5-7,18H,4H2,1-3H3,(H,23,25)(H,24,28)/t7-,19+/m1/s1. The van der Waals surface area contributed by atoms with Gasteiger partial charge in [-0.15, -0.1) is 0 Å². The van der Waals surface area contributed by atoms with Crippen LogP contribution in [0.3, 0.4) is 0 Å². The average Bonchev–Trinajstić information content (AvgIpc) is 2.99. The summed E-state index contributed by atoms with van der Waals surface area (Å²) in [5.74, 6) is -4.57. The topological polar surface area (TPSA) is 120 Å². The number of halogens is 3. The van der Waals surface area contributed by atoms with E-state index in [1.54, 1.807) is 6.92 Å². The Labute approximate surface area is 179 Å². The molecule has 9 nitrogen and oxygen atoms in total. The normalized spacial score (nSPS) is 22.0. The maximum atomic E-state index is 13.4. The van der Waals surface area contributed by atoms with Gasteiger partial charge < -0.3 is 14.2 Å². The number of allylic oxidation sites excluding steroid dienone is 1. The van der Waals surface area contributed by atoms with Gasteiger partial charge in [-0.05, 0) is 6.07 Å². The van der Waals surface area contributed by atoms with Crippen molar-refractivity contribution < 1.29 is 42.2 Å². The number of nitrogens with one attached hydrogen (secondary N) is 2. The van der Waals surface area contributed by atoms with Crippen LogP contribution in [0.4, 0.5) is 8.78 Å². The summed E-state index contributed by atoms with van der Waals surface area (Å²) in [5, 5.41) is -0.371. The summed E-state index contributed by atoms with van der Waals surface area (Å²) in [6, 6.07) is 0.847. The first-order valence-electron chi connectivity index (χ1n) is 8.93. The summed E-state index contributed by atoms with van der Waals surface area (Å²) in [6.07, 6.45) is 1.01. The van der Waals surface area contributed by atoms with Gasteiger partial charge >= 0.3 is 6.61 Å². The van der Waals surface area contributed by atoms with Gasteiger partial charge in [0.25, 0.3) is 5.91 Å². The van der Waals surface area contributed by atoms with Crippen LogP contribution in [0.5, 0.6) is 11.5 Å². The smallest absolute Gasteiger partial charge is 0.387 e. The van der Waals surface area contributed by atoms with Crippen LogP contribution in [0.2, 0.25) is 5.02 Å². The fraction of sp³-hybridized carbons (Fsp3) is 0.368. The molecular weight excluding hydrogens is 442 g/mol. The molecule has 1 aliphatic carbocycles. The molecule has 12 heteroatoms. The molecule has 0 aromatic heterocycles. The predicted octanol–water partition coefficient (Wildman–Crippen LogP) is 2.18. The molecule has 166 valence electrons. The first kappa shape index (κ1) is 22.5. The maximum absolute atomic E-state index is 13.4. The first-order valence-corrected chi connectivity index (χ1v) is 9.31. The molecule has 1 spiro atoms. The molecule has 0 bridgehead atoms. The van der Waals surface area contributed by atoms with E-state index >= 15 is 0 Å². The predicted molar refractivity (Wildman–Crippen MR) is 101 cm³/mol. The fourth-order valence-corrected chi connectivity index (χ4v) is 3.85. The number of carbonyl (C=O) groups is 4. The second kappa shape index (κ2) is 8.14. The van der Waals surface area contributed by atoms with Crippen molar-refractivity contribution in [3.05, 3.63) is 34.1 Å². The molecule has 2 amide bonds. The molecule has 2 N–H and O–H groups in total. The number of hydrogen-bond acceptors (Lipinski definition) is 7. The van der Waals surface area contributed by atoms with E-state index in [2.05, 4.69) is 4.74 Å². The molecule has 1 aliphatic heterocycles. The lowest BCUT2D eigenvalue weighted by Gasteiger charge is -2.36. The maximum Gasteiger partial charge on any atom is 0.387 e. The number of ketones is 2. The Morgan fingerprint density at radius 1 is 1.32 bits per heavy atom. The Morgan fingerprint density at radius 3 is 2.58 bits per heavy atom. The van der Waals surface area contributed by atoms with E-state index in [0.717, 1.165) is 19.1 Å². The van der Waals surface area contributed by atoms with Gasteiger partial charge in [-0.1, -0.05) is 18.5 Å². The number of hydrogen-bond donors (Lipinski definition) is 2. The van der Waals surface area contributed by atoms with Gasteiger partial charge in [-0.3, -0.25) is 30.0 Å². The Morgan fingerprint density at radius 2 is 2.00 bits per heavy atom. The second-order valence-corrected chi connectivity index (χ2v) is 7.28. The lowest BCUT2D eigenvalue weighted by atomic mass is 9.75. The van der Waals surface area contributed by atoms with Crippen molar-refractivity contribution in [2.75, 3.05) is 7.11 Å². The highest BCUT2D eigenvalue weighted by Gasteiger charge is 2.60. The van der Waals surface area contributed by atoms with E-state index in [1.165, 1.54) is 7.11 Å². The van der Waals surface area contributed by atoms with Gasteiger partial charge in [0.05, 0.1) is 17.7 Å². The lowest BCUT2D eigenvalue weighted by molar-refractivity contribution is -0.120. The first-order chi connectivity index (χ1) is 14.5.